The predicted octanol–water partition coefficient (Wildman–Crippen LogP) is 4.40. The van der Waals surface area contributed by atoms with Crippen LogP contribution in [0.25, 0.3) is 0 Å². The zero-order valence-electron chi connectivity index (χ0n) is 11.6. The lowest BCUT2D eigenvalue weighted by atomic mass is 10.4. The number of carboxylic acids is 1. The third-order valence-corrected chi connectivity index (χ3v) is 4.78. The molecule has 1 aromatic carbocycles. The van der Waals surface area contributed by atoms with E-state index in [4.69, 9.17) is 28.3 Å². The summed E-state index contributed by atoms with van der Waals surface area (Å²) in [4.78, 5) is 20.4. The number of carboxylic acid groups (broad SMARTS) is 1. The van der Waals surface area contributed by atoms with Gasteiger partial charge in [0.1, 0.15) is 5.82 Å². The maximum Gasteiger partial charge on any atom is 0.374 e. The number of rotatable bonds is 4. The summed E-state index contributed by atoms with van der Waals surface area (Å²) in [6, 6.07) is 5.31. The first-order valence-corrected chi connectivity index (χ1v) is 7.42. The number of carbonyl (C=O) groups is 1. The van der Waals surface area contributed by atoms with Gasteiger partial charge in [0, 0.05) is 11.9 Å². The first-order valence-electron chi connectivity index (χ1n) is 5.85. The third-order valence-electron chi connectivity index (χ3n) is 2.59. The molecule has 118 valence electrons. The highest BCUT2D eigenvalue weighted by Gasteiger charge is 2.17. The van der Waals surface area contributed by atoms with Crippen LogP contribution >= 0.6 is 47.4 Å². The van der Waals surface area contributed by atoms with Crippen LogP contribution in [0.4, 0.5) is 5.82 Å². The van der Waals surface area contributed by atoms with Gasteiger partial charge >= 0.3 is 5.97 Å². The van der Waals surface area contributed by atoms with Gasteiger partial charge in [-0.2, -0.15) is 0 Å². The van der Waals surface area contributed by atoms with Crippen molar-refractivity contribution in [3.63, 3.8) is 0 Å². The summed E-state index contributed by atoms with van der Waals surface area (Å²) >= 11 is 13.5. The lowest BCUT2D eigenvalue weighted by Crippen LogP contribution is -2.09. The minimum Gasteiger partial charge on any atom is -0.475 e. The normalized spacial score (nSPS) is 10.0. The highest BCUT2D eigenvalue weighted by molar-refractivity contribution is 7.99. The van der Waals surface area contributed by atoms with E-state index < -0.39 is 5.97 Å². The Morgan fingerprint density at radius 1 is 1.32 bits per heavy atom. The number of aryl methyl sites for hydroxylation is 1. The minimum absolute atomic E-state index is 0. The number of nitrogens with zero attached hydrogens (tertiary/aromatic N) is 2. The molecule has 0 aliphatic rings. The fourth-order valence-corrected chi connectivity index (χ4v) is 3.10. The number of benzene rings is 1. The molecule has 0 saturated carbocycles. The molecule has 0 atom stereocenters. The summed E-state index contributed by atoms with van der Waals surface area (Å²) in [5.74, 6) is -0.994. The molecule has 0 aliphatic heterocycles. The van der Waals surface area contributed by atoms with Crippen LogP contribution in [-0.4, -0.2) is 28.1 Å². The molecule has 0 bridgehead atoms. The molecule has 9 heteroatoms. The largest absolute Gasteiger partial charge is 0.475 e. The molecule has 0 saturated heterocycles. The van der Waals surface area contributed by atoms with Crippen molar-refractivity contribution in [3.05, 3.63) is 39.8 Å². The van der Waals surface area contributed by atoms with Crippen molar-refractivity contribution >= 4 is 59.2 Å². The Morgan fingerprint density at radius 2 is 2.00 bits per heavy atom. The quantitative estimate of drug-likeness (QED) is 0.818. The molecule has 5 nitrogen and oxygen atoms in total. The number of nitrogens with one attached hydrogen (secondary N) is 1. The van der Waals surface area contributed by atoms with E-state index in [1.165, 1.54) is 11.8 Å². The number of anilines is 1. The van der Waals surface area contributed by atoms with E-state index >= 15 is 0 Å². The summed E-state index contributed by atoms with van der Waals surface area (Å²) in [5.41, 5.74) is 0.549. The van der Waals surface area contributed by atoms with Crippen LogP contribution in [0.5, 0.6) is 0 Å². The second kappa shape index (κ2) is 7.87. The molecule has 0 unspecified atom stereocenters. The Bertz CT molecular complexity index is 713. The monoisotopic (exact) mass is 379 g/mol. The number of hydrogen-bond acceptors (Lipinski definition) is 5. The fraction of sp³-hybridized carbons (Fsp3) is 0.154. The molecule has 1 heterocycles. The Morgan fingerprint density at radius 3 is 2.59 bits per heavy atom. The molecule has 22 heavy (non-hydrogen) atoms. The van der Waals surface area contributed by atoms with Crippen molar-refractivity contribution in [1.82, 2.24) is 9.97 Å². The van der Waals surface area contributed by atoms with Crippen LogP contribution in [-0.2, 0) is 0 Å². The van der Waals surface area contributed by atoms with Crippen LogP contribution in [0.1, 0.15) is 16.3 Å². The molecular weight excluding hydrogens is 369 g/mol. The predicted molar refractivity (Wildman–Crippen MR) is 91.1 cm³/mol. The van der Waals surface area contributed by atoms with Crippen LogP contribution in [0.3, 0.4) is 0 Å². The van der Waals surface area contributed by atoms with Gasteiger partial charge in [0.2, 0.25) is 5.82 Å². The van der Waals surface area contributed by atoms with Crippen molar-refractivity contribution in [2.24, 2.45) is 0 Å². The van der Waals surface area contributed by atoms with E-state index in [0.717, 1.165) is 4.90 Å². The van der Waals surface area contributed by atoms with Gasteiger partial charge in [-0.3, -0.25) is 0 Å². The highest BCUT2D eigenvalue weighted by atomic mass is 35.5. The summed E-state index contributed by atoms with van der Waals surface area (Å²) in [6.45, 7) is 1.72. The summed E-state index contributed by atoms with van der Waals surface area (Å²) in [5, 5.41) is 12.8. The summed E-state index contributed by atoms with van der Waals surface area (Å²) < 4.78 is 0. The standard InChI is InChI=1S/C13H11Cl2N3O2S.ClH/c1-6-10(11(16-2)18-12(17-6)13(19)20)21-8-5-3-4-7(14)9(8)15;/h3-5H,1-2H3,(H,19,20)(H,16,17,18);1H. The fourth-order valence-electron chi connectivity index (χ4n) is 1.62. The van der Waals surface area contributed by atoms with Crippen molar-refractivity contribution in [2.45, 2.75) is 16.7 Å². The zero-order chi connectivity index (χ0) is 15.6. The molecule has 0 aliphatic carbocycles. The first kappa shape index (κ1) is 18.8. The van der Waals surface area contributed by atoms with E-state index in [9.17, 15) is 4.79 Å². The molecule has 0 radical (unpaired) electrons. The van der Waals surface area contributed by atoms with Crippen LogP contribution in [0.15, 0.2) is 28.0 Å². The SMILES string of the molecule is CNc1nc(C(=O)O)nc(C)c1Sc1cccc(Cl)c1Cl.Cl. The van der Waals surface area contributed by atoms with Crippen molar-refractivity contribution < 1.29 is 9.90 Å². The molecule has 2 aromatic rings. The Labute approximate surface area is 147 Å². The van der Waals surface area contributed by atoms with Gasteiger partial charge in [-0.25, -0.2) is 14.8 Å². The number of aromatic carboxylic acids is 1. The van der Waals surface area contributed by atoms with E-state index in [2.05, 4.69) is 15.3 Å². The third kappa shape index (κ3) is 3.95. The van der Waals surface area contributed by atoms with Crippen molar-refractivity contribution in [1.29, 1.82) is 0 Å². The van der Waals surface area contributed by atoms with Crippen LogP contribution in [0.2, 0.25) is 10.0 Å². The lowest BCUT2D eigenvalue weighted by molar-refractivity contribution is 0.0683. The second-order valence-electron chi connectivity index (χ2n) is 4.02. The van der Waals surface area contributed by atoms with Crippen LogP contribution < -0.4 is 5.32 Å². The summed E-state index contributed by atoms with van der Waals surface area (Å²) in [6.07, 6.45) is 0. The van der Waals surface area contributed by atoms with E-state index in [1.807, 2.05) is 6.07 Å². The number of aromatic nitrogens is 2. The average molecular weight is 381 g/mol. The zero-order valence-corrected chi connectivity index (χ0v) is 14.7. The molecule has 0 fully saturated rings. The molecule has 2 N–H and O–H groups in total. The minimum atomic E-state index is -1.17. The second-order valence-corrected chi connectivity index (χ2v) is 5.86. The molecular formula is C13H12Cl3N3O2S. The van der Waals surface area contributed by atoms with Gasteiger partial charge in [0.15, 0.2) is 0 Å². The smallest absolute Gasteiger partial charge is 0.374 e. The van der Waals surface area contributed by atoms with Gasteiger partial charge < -0.3 is 10.4 Å². The average Bonchev–Trinajstić information content (AvgIpc) is 2.45. The van der Waals surface area contributed by atoms with E-state index in [1.54, 1.807) is 26.1 Å². The highest BCUT2D eigenvalue weighted by Crippen LogP contribution is 2.40. The first-order chi connectivity index (χ1) is 9.93. The Balaban J connectivity index is 0.00000242. The van der Waals surface area contributed by atoms with Gasteiger partial charge in [-0.1, -0.05) is 41.0 Å². The summed E-state index contributed by atoms with van der Waals surface area (Å²) in [7, 11) is 1.66. The Kier molecular flexibility index (Phi) is 6.74. The van der Waals surface area contributed by atoms with Gasteiger partial charge in [-0.15, -0.1) is 12.4 Å². The molecule has 2 rings (SSSR count). The molecule has 1 aromatic heterocycles. The van der Waals surface area contributed by atoms with Gasteiger partial charge in [-0.05, 0) is 19.1 Å². The van der Waals surface area contributed by atoms with Crippen LogP contribution in [0, 0.1) is 6.92 Å². The maximum absolute atomic E-state index is 11.0. The van der Waals surface area contributed by atoms with E-state index in [0.29, 0.717) is 26.5 Å². The number of halogens is 3. The van der Waals surface area contributed by atoms with Gasteiger partial charge in [0.05, 0.1) is 20.6 Å². The van der Waals surface area contributed by atoms with Crippen molar-refractivity contribution in [3.8, 4) is 0 Å². The number of hydrogen-bond donors (Lipinski definition) is 2. The van der Waals surface area contributed by atoms with Gasteiger partial charge in [0.25, 0.3) is 0 Å². The van der Waals surface area contributed by atoms with E-state index in [-0.39, 0.29) is 18.2 Å². The lowest BCUT2D eigenvalue weighted by Gasteiger charge is -2.12. The topological polar surface area (TPSA) is 75.1 Å². The molecule has 0 amide bonds. The maximum atomic E-state index is 11.0. The van der Waals surface area contributed by atoms with Crippen molar-refractivity contribution in [2.75, 3.05) is 12.4 Å². The molecule has 0 spiro atoms. The Hall–Kier alpha value is -1.21.